The molecule has 1 aromatic rings. The predicted octanol–water partition coefficient (Wildman–Crippen LogP) is 2.58. The lowest BCUT2D eigenvalue weighted by Gasteiger charge is -2.27. The van der Waals surface area contributed by atoms with Crippen LogP contribution in [-0.4, -0.2) is 19.2 Å². The summed E-state index contributed by atoms with van der Waals surface area (Å²) < 4.78 is 5.72. The Labute approximate surface area is 97.4 Å². The third kappa shape index (κ3) is 3.11. The van der Waals surface area contributed by atoms with Crippen molar-refractivity contribution in [3.8, 4) is 5.75 Å². The number of hydrogen-bond acceptors (Lipinski definition) is 2. The summed E-state index contributed by atoms with van der Waals surface area (Å²) >= 11 is 0. The van der Waals surface area contributed by atoms with Crippen LogP contribution in [0, 0.1) is 0 Å². The third-order valence-electron chi connectivity index (χ3n) is 2.59. The Morgan fingerprint density at radius 3 is 2.20 bits per heavy atom. The molecule has 0 amide bonds. The minimum atomic E-state index is 0. The highest BCUT2D eigenvalue weighted by Gasteiger charge is 2.17. The number of benzene rings is 1. The first-order valence-corrected chi connectivity index (χ1v) is 5.23. The lowest BCUT2D eigenvalue weighted by molar-refractivity contribution is 0.142. The maximum atomic E-state index is 5.72. The molecule has 1 aliphatic rings. The van der Waals surface area contributed by atoms with Gasteiger partial charge in [-0.25, -0.2) is 0 Å². The van der Waals surface area contributed by atoms with Crippen LogP contribution in [0.15, 0.2) is 24.3 Å². The highest BCUT2D eigenvalue weighted by molar-refractivity contribution is 5.85. The van der Waals surface area contributed by atoms with Crippen LogP contribution in [0.5, 0.6) is 5.75 Å². The van der Waals surface area contributed by atoms with Gasteiger partial charge in [-0.15, -0.1) is 12.4 Å². The molecule has 1 aliphatic heterocycles. The number of rotatable bonds is 3. The molecule has 0 aliphatic carbocycles. The quantitative estimate of drug-likeness (QED) is 0.857. The van der Waals surface area contributed by atoms with Crippen molar-refractivity contribution in [2.45, 2.75) is 25.9 Å². The van der Waals surface area contributed by atoms with Gasteiger partial charge < -0.3 is 10.1 Å². The van der Waals surface area contributed by atoms with E-state index in [-0.39, 0.29) is 12.4 Å². The predicted molar refractivity (Wildman–Crippen MR) is 65.1 cm³/mol. The Balaban J connectivity index is 0.00000112. The molecule has 84 valence electrons. The molecule has 0 radical (unpaired) electrons. The molecule has 1 saturated heterocycles. The molecule has 3 heteroatoms. The van der Waals surface area contributed by atoms with Crippen LogP contribution in [0.1, 0.15) is 25.3 Å². The summed E-state index contributed by atoms with van der Waals surface area (Å²) in [5, 5.41) is 3.19. The van der Waals surface area contributed by atoms with E-state index in [2.05, 4.69) is 43.4 Å². The van der Waals surface area contributed by atoms with Gasteiger partial charge in [-0.1, -0.05) is 26.0 Å². The normalized spacial score (nSPS) is 15.7. The zero-order chi connectivity index (χ0) is 9.97. The van der Waals surface area contributed by atoms with Crippen LogP contribution in [0.4, 0.5) is 0 Å². The van der Waals surface area contributed by atoms with Crippen molar-refractivity contribution in [1.82, 2.24) is 5.32 Å². The van der Waals surface area contributed by atoms with E-state index >= 15 is 0 Å². The maximum absolute atomic E-state index is 5.72. The lowest BCUT2D eigenvalue weighted by atomic mass is 10.0. The Morgan fingerprint density at radius 1 is 1.20 bits per heavy atom. The second-order valence-corrected chi connectivity index (χ2v) is 4.12. The van der Waals surface area contributed by atoms with E-state index in [4.69, 9.17) is 4.74 Å². The van der Waals surface area contributed by atoms with Crippen molar-refractivity contribution in [1.29, 1.82) is 0 Å². The van der Waals surface area contributed by atoms with E-state index in [1.807, 2.05) is 0 Å². The molecule has 15 heavy (non-hydrogen) atoms. The molecule has 1 heterocycles. The van der Waals surface area contributed by atoms with Gasteiger partial charge in [-0.2, -0.15) is 0 Å². The molecular weight excluding hydrogens is 210 g/mol. The lowest BCUT2D eigenvalue weighted by Crippen LogP contribution is -2.50. The zero-order valence-electron chi connectivity index (χ0n) is 9.19. The Morgan fingerprint density at radius 2 is 1.80 bits per heavy atom. The van der Waals surface area contributed by atoms with E-state index in [0.29, 0.717) is 12.0 Å². The second-order valence-electron chi connectivity index (χ2n) is 4.12. The van der Waals surface area contributed by atoms with Crippen molar-refractivity contribution in [2.24, 2.45) is 0 Å². The summed E-state index contributed by atoms with van der Waals surface area (Å²) in [6, 6.07) is 8.42. The molecular formula is C12H18ClNO. The van der Waals surface area contributed by atoms with Crippen LogP contribution in [0.25, 0.3) is 0 Å². The topological polar surface area (TPSA) is 21.3 Å². The smallest absolute Gasteiger partial charge is 0.123 e. The molecule has 0 atom stereocenters. The molecule has 0 aromatic heterocycles. The Hall–Kier alpha value is -0.730. The van der Waals surface area contributed by atoms with Crippen LogP contribution in [0.2, 0.25) is 0 Å². The number of hydrogen-bond donors (Lipinski definition) is 1. The maximum Gasteiger partial charge on any atom is 0.123 e. The van der Waals surface area contributed by atoms with Crippen LogP contribution >= 0.6 is 12.4 Å². The van der Waals surface area contributed by atoms with Gasteiger partial charge in [0.15, 0.2) is 0 Å². The fraction of sp³-hybridized carbons (Fsp3) is 0.500. The van der Waals surface area contributed by atoms with Crippen molar-refractivity contribution in [3.63, 3.8) is 0 Å². The second kappa shape index (κ2) is 5.38. The van der Waals surface area contributed by atoms with Crippen molar-refractivity contribution in [2.75, 3.05) is 13.1 Å². The van der Waals surface area contributed by atoms with Gasteiger partial charge in [-0.3, -0.25) is 0 Å². The standard InChI is InChI=1S/C12H17NO.ClH/c1-9(2)10-3-5-11(6-4-10)14-12-7-13-8-12;/h3-6,9,12-13H,7-8H2,1-2H3;1H. The third-order valence-corrected chi connectivity index (χ3v) is 2.59. The monoisotopic (exact) mass is 227 g/mol. The summed E-state index contributed by atoms with van der Waals surface area (Å²) in [6.07, 6.45) is 0.375. The SMILES string of the molecule is CC(C)c1ccc(OC2CNC2)cc1.Cl. The van der Waals surface area contributed by atoms with E-state index in [1.54, 1.807) is 0 Å². The van der Waals surface area contributed by atoms with Crippen molar-refractivity contribution < 1.29 is 4.74 Å². The molecule has 0 spiro atoms. The summed E-state index contributed by atoms with van der Waals surface area (Å²) in [4.78, 5) is 0. The van der Waals surface area contributed by atoms with Gasteiger partial charge in [0.25, 0.3) is 0 Å². The van der Waals surface area contributed by atoms with Gasteiger partial charge in [-0.05, 0) is 23.6 Å². The number of halogens is 1. The fourth-order valence-electron chi connectivity index (χ4n) is 1.47. The first-order valence-electron chi connectivity index (χ1n) is 5.23. The van der Waals surface area contributed by atoms with Gasteiger partial charge in [0.1, 0.15) is 11.9 Å². The Kier molecular flexibility index (Phi) is 4.43. The fourth-order valence-corrected chi connectivity index (χ4v) is 1.47. The summed E-state index contributed by atoms with van der Waals surface area (Å²) in [5.74, 6) is 1.58. The molecule has 2 rings (SSSR count). The Bertz CT molecular complexity index is 293. The largest absolute Gasteiger partial charge is 0.488 e. The average Bonchev–Trinajstić information content (AvgIpc) is 2.12. The van der Waals surface area contributed by atoms with E-state index < -0.39 is 0 Å². The molecule has 0 bridgehead atoms. The molecule has 1 aromatic carbocycles. The summed E-state index contributed by atoms with van der Waals surface area (Å²) in [7, 11) is 0. The average molecular weight is 228 g/mol. The molecule has 1 N–H and O–H groups in total. The van der Waals surface area contributed by atoms with Crippen LogP contribution in [0.3, 0.4) is 0 Å². The molecule has 0 unspecified atom stereocenters. The zero-order valence-corrected chi connectivity index (χ0v) is 10.0. The van der Waals surface area contributed by atoms with Crippen molar-refractivity contribution in [3.05, 3.63) is 29.8 Å². The highest BCUT2D eigenvalue weighted by atomic mass is 35.5. The minimum absolute atomic E-state index is 0. The number of ether oxygens (including phenoxy) is 1. The van der Waals surface area contributed by atoms with Crippen molar-refractivity contribution >= 4 is 12.4 Å². The minimum Gasteiger partial charge on any atom is -0.488 e. The molecule has 1 fully saturated rings. The van der Waals surface area contributed by atoms with Gasteiger partial charge in [0.2, 0.25) is 0 Å². The first-order chi connectivity index (χ1) is 6.75. The molecule has 0 saturated carbocycles. The van der Waals surface area contributed by atoms with E-state index in [1.165, 1.54) is 5.56 Å². The number of nitrogens with one attached hydrogen (secondary N) is 1. The van der Waals surface area contributed by atoms with Gasteiger partial charge in [0.05, 0.1) is 0 Å². The van der Waals surface area contributed by atoms with Gasteiger partial charge in [0, 0.05) is 13.1 Å². The summed E-state index contributed by atoms with van der Waals surface area (Å²) in [5.41, 5.74) is 1.36. The van der Waals surface area contributed by atoms with Crippen LogP contribution in [-0.2, 0) is 0 Å². The van der Waals surface area contributed by atoms with Crippen LogP contribution < -0.4 is 10.1 Å². The first kappa shape index (κ1) is 12.3. The van der Waals surface area contributed by atoms with E-state index in [0.717, 1.165) is 18.8 Å². The van der Waals surface area contributed by atoms with E-state index in [9.17, 15) is 0 Å². The van der Waals surface area contributed by atoms with Gasteiger partial charge >= 0.3 is 0 Å². The summed E-state index contributed by atoms with van der Waals surface area (Å²) in [6.45, 7) is 6.36. The molecule has 2 nitrogen and oxygen atoms in total. The highest BCUT2D eigenvalue weighted by Crippen LogP contribution is 2.19.